The minimum absolute atomic E-state index is 0.135. The van der Waals surface area contributed by atoms with Crippen LogP contribution in [0.1, 0.15) is 18.9 Å². The largest absolute Gasteiger partial charge is 0.492 e. The van der Waals surface area contributed by atoms with Crippen LogP contribution in [0.4, 0.5) is 5.69 Å². The van der Waals surface area contributed by atoms with Crippen molar-refractivity contribution in [2.45, 2.75) is 18.2 Å². The molecule has 0 saturated carbocycles. The molecule has 1 aliphatic heterocycles. The number of hydrogen-bond acceptors (Lipinski definition) is 5. The van der Waals surface area contributed by atoms with E-state index < -0.39 is 10.0 Å². The predicted molar refractivity (Wildman–Crippen MR) is 104 cm³/mol. The molecule has 1 saturated heterocycles. The molecule has 0 spiro atoms. The average Bonchev–Trinajstić information content (AvgIpc) is 2.72. The Kier molecular flexibility index (Phi) is 5.99. The molecule has 1 fully saturated rings. The fraction of sp³-hybridized carbons (Fsp3) is 0.350. The van der Waals surface area contributed by atoms with Crippen LogP contribution in [0.15, 0.2) is 53.4 Å². The van der Waals surface area contributed by atoms with Gasteiger partial charge in [-0.05, 0) is 36.8 Å². The highest BCUT2D eigenvalue weighted by Gasteiger charge is 2.29. The first-order valence-electron chi connectivity index (χ1n) is 9.03. The molecule has 0 radical (unpaired) electrons. The predicted octanol–water partition coefficient (Wildman–Crippen LogP) is 2.86. The third kappa shape index (κ3) is 4.24. The molecule has 0 unspecified atom stereocenters. The van der Waals surface area contributed by atoms with Crippen molar-refractivity contribution in [1.82, 2.24) is 4.31 Å². The number of hydrogen-bond donors (Lipinski definition) is 0. The highest BCUT2D eigenvalue weighted by Crippen LogP contribution is 2.26. The van der Waals surface area contributed by atoms with E-state index in [1.807, 2.05) is 43.3 Å². The molecule has 142 valence electrons. The van der Waals surface area contributed by atoms with Gasteiger partial charge in [0, 0.05) is 31.9 Å². The van der Waals surface area contributed by atoms with Crippen molar-refractivity contribution in [1.29, 1.82) is 5.26 Å². The van der Waals surface area contributed by atoms with Gasteiger partial charge >= 0.3 is 0 Å². The zero-order chi connectivity index (χ0) is 19.3. The lowest BCUT2D eigenvalue weighted by Gasteiger charge is -2.35. The molecule has 6 nitrogen and oxygen atoms in total. The molecule has 7 heteroatoms. The van der Waals surface area contributed by atoms with Crippen molar-refractivity contribution in [3.63, 3.8) is 0 Å². The van der Waals surface area contributed by atoms with E-state index >= 15 is 0 Å². The fourth-order valence-corrected chi connectivity index (χ4v) is 4.52. The van der Waals surface area contributed by atoms with Crippen LogP contribution < -0.4 is 9.64 Å². The number of sulfonamides is 1. The first-order valence-corrected chi connectivity index (χ1v) is 10.5. The van der Waals surface area contributed by atoms with Crippen LogP contribution in [0.3, 0.4) is 0 Å². The molecule has 2 aromatic carbocycles. The molecule has 0 aliphatic carbocycles. The molecular weight excluding hydrogens is 362 g/mol. The molecule has 0 aromatic heterocycles. The summed E-state index contributed by atoms with van der Waals surface area (Å²) in [6.07, 6.45) is 0.816. The minimum atomic E-state index is -3.64. The van der Waals surface area contributed by atoms with Gasteiger partial charge in [-0.15, -0.1) is 0 Å². The SMILES string of the molecule is CCCOc1ccc(S(=O)(=O)N2CCN(c3ccccc3)CC2)cc1C#N. The lowest BCUT2D eigenvalue weighted by molar-refractivity contribution is 0.316. The Labute approximate surface area is 160 Å². The van der Waals surface area contributed by atoms with Gasteiger partial charge in [-0.2, -0.15) is 9.57 Å². The lowest BCUT2D eigenvalue weighted by atomic mass is 10.2. The number of anilines is 1. The Morgan fingerprint density at radius 1 is 1.07 bits per heavy atom. The summed E-state index contributed by atoms with van der Waals surface area (Å²) in [5.41, 5.74) is 1.34. The maximum Gasteiger partial charge on any atom is 0.243 e. The second-order valence-electron chi connectivity index (χ2n) is 6.34. The van der Waals surface area contributed by atoms with Crippen LogP contribution in [0, 0.1) is 11.3 Å². The van der Waals surface area contributed by atoms with Gasteiger partial charge in [-0.3, -0.25) is 0 Å². The average molecular weight is 385 g/mol. The van der Waals surface area contributed by atoms with Crippen LogP contribution in [0.2, 0.25) is 0 Å². The van der Waals surface area contributed by atoms with E-state index in [-0.39, 0.29) is 10.5 Å². The van der Waals surface area contributed by atoms with E-state index in [1.165, 1.54) is 16.4 Å². The Morgan fingerprint density at radius 3 is 2.41 bits per heavy atom. The van der Waals surface area contributed by atoms with Gasteiger partial charge in [0.05, 0.1) is 17.1 Å². The summed E-state index contributed by atoms with van der Waals surface area (Å²) in [4.78, 5) is 2.31. The normalized spacial score (nSPS) is 15.3. The smallest absolute Gasteiger partial charge is 0.243 e. The van der Waals surface area contributed by atoms with Crippen LogP contribution in [0.25, 0.3) is 0 Å². The van der Waals surface area contributed by atoms with E-state index in [0.29, 0.717) is 38.5 Å². The van der Waals surface area contributed by atoms with Gasteiger partial charge < -0.3 is 9.64 Å². The van der Waals surface area contributed by atoms with Crippen LogP contribution in [0.5, 0.6) is 5.75 Å². The van der Waals surface area contributed by atoms with E-state index in [9.17, 15) is 13.7 Å². The zero-order valence-electron chi connectivity index (χ0n) is 15.3. The summed E-state index contributed by atoms with van der Waals surface area (Å²) >= 11 is 0. The third-order valence-corrected chi connectivity index (χ3v) is 6.43. The maximum absolute atomic E-state index is 13.0. The minimum Gasteiger partial charge on any atom is -0.492 e. The topological polar surface area (TPSA) is 73.6 Å². The Morgan fingerprint density at radius 2 is 1.78 bits per heavy atom. The number of para-hydroxylation sites is 1. The highest BCUT2D eigenvalue weighted by atomic mass is 32.2. The first kappa shape index (κ1) is 19.2. The molecule has 0 amide bonds. The van der Waals surface area contributed by atoms with Crippen LogP contribution in [-0.2, 0) is 10.0 Å². The summed E-state index contributed by atoms with van der Waals surface area (Å²) in [5, 5.41) is 9.33. The summed E-state index contributed by atoms with van der Waals surface area (Å²) in [7, 11) is -3.64. The lowest BCUT2D eigenvalue weighted by Crippen LogP contribution is -2.48. The number of ether oxygens (including phenoxy) is 1. The maximum atomic E-state index is 13.0. The molecule has 0 bridgehead atoms. The number of rotatable bonds is 6. The molecule has 1 heterocycles. The van der Waals surface area contributed by atoms with Gasteiger partial charge in [0.15, 0.2) is 0 Å². The van der Waals surface area contributed by atoms with Crippen LogP contribution >= 0.6 is 0 Å². The summed E-state index contributed by atoms with van der Waals surface area (Å²) in [5.74, 6) is 0.423. The molecule has 1 aliphatic rings. The highest BCUT2D eigenvalue weighted by molar-refractivity contribution is 7.89. The van der Waals surface area contributed by atoms with E-state index in [1.54, 1.807) is 6.07 Å². The second-order valence-corrected chi connectivity index (χ2v) is 8.28. The van der Waals surface area contributed by atoms with Crippen molar-refractivity contribution in [3.05, 3.63) is 54.1 Å². The standard InChI is InChI=1S/C20H23N3O3S/c1-2-14-26-20-9-8-19(15-17(20)16-21)27(24,25)23-12-10-22(11-13-23)18-6-4-3-5-7-18/h3-9,15H,2,10-14H2,1H3. The number of piperazine rings is 1. The van der Waals surface area contributed by atoms with Crippen molar-refractivity contribution in [2.24, 2.45) is 0 Å². The Balaban J connectivity index is 1.74. The summed E-state index contributed by atoms with van der Waals surface area (Å²) in [6.45, 7) is 4.54. The first-order chi connectivity index (χ1) is 13.1. The van der Waals surface area contributed by atoms with Crippen molar-refractivity contribution in [2.75, 3.05) is 37.7 Å². The van der Waals surface area contributed by atoms with Crippen molar-refractivity contribution < 1.29 is 13.2 Å². The molecule has 2 aromatic rings. The monoisotopic (exact) mass is 385 g/mol. The van der Waals surface area contributed by atoms with Gasteiger partial charge in [0.1, 0.15) is 11.8 Å². The molecular formula is C20H23N3O3S. The summed E-state index contributed by atoms with van der Waals surface area (Å²) < 4.78 is 33.0. The Hall–Kier alpha value is -2.56. The summed E-state index contributed by atoms with van der Waals surface area (Å²) in [6, 6.07) is 16.5. The fourth-order valence-electron chi connectivity index (χ4n) is 3.07. The Bertz CT molecular complexity index is 915. The van der Waals surface area contributed by atoms with E-state index in [2.05, 4.69) is 4.90 Å². The van der Waals surface area contributed by atoms with Gasteiger partial charge in [0.25, 0.3) is 0 Å². The van der Waals surface area contributed by atoms with Gasteiger partial charge in [-0.25, -0.2) is 8.42 Å². The van der Waals surface area contributed by atoms with Gasteiger partial charge in [-0.1, -0.05) is 25.1 Å². The van der Waals surface area contributed by atoms with Crippen molar-refractivity contribution >= 4 is 15.7 Å². The zero-order valence-corrected chi connectivity index (χ0v) is 16.2. The third-order valence-electron chi connectivity index (χ3n) is 4.53. The molecule has 0 N–H and O–H groups in total. The number of nitrogens with zero attached hydrogens (tertiary/aromatic N) is 3. The second kappa shape index (κ2) is 8.42. The number of nitriles is 1. The van der Waals surface area contributed by atoms with Gasteiger partial charge in [0.2, 0.25) is 10.0 Å². The molecule has 0 atom stereocenters. The van der Waals surface area contributed by atoms with Crippen LogP contribution in [-0.4, -0.2) is 45.5 Å². The van der Waals surface area contributed by atoms with Crippen molar-refractivity contribution in [3.8, 4) is 11.8 Å². The van der Waals surface area contributed by atoms with E-state index in [4.69, 9.17) is 4.74 Å². The number of benzene rings is 2. The molecule has 27 heavy (non-hydrogen) atoms. The quantitative estimate of drug-likeness (QED) is 0.764. The molecule has 3 rings (SSSR count). The van der Waals surface area contributed by atoms with E-state index in [0.717, 1.165) is 12.1 Å².